The summed E-state index contributed by atoms with van der Waals surface area (Å²) in [6.07, 6.45) is 14.0. The number of carbonyl (C=O) groups is 7. The molecule has 46 heavy (non-hydrogen) atoms. The summed E-state index contributed by atoms with van der Waals surface area (Å²) < 4.78 is 0. The fraction of sp³-hybridized carbons (Fsp3) is 0.781. The predicted octanol–water partition coefficient (Wildman–Crippen LogP) is 3.04. The van der Waals surface area contributed by atoms with Gasteiger partial charge < -0.3 is 41.8 Å². The van der Waals surface area contributed by atoms with Crippen molar-refractivity contribution in [2.24, 2.45) is 5.73 Å². The van der Waals surface area contributed by atoms with Gasteiger partial charge in [0.25, 0.3) is 0 Å². The van der Waals surface area contributed by atoms with Crippen LogP contribution in [0.25, 0.3) is 0 Å². The minimum absolute atomic E-state index is 0.141. The van der Waals surface area contributed by atoms with Crippen LogP contribution in [0.15, 0.2) is 0 Å². The zero-order chi connectivity index (χ0) is 34.6. The van der Waals surface area contributed by atoms with E-state index in [4.69, 9.17) is 10.8 Å². The number of carboxylic acid groups (broad SMARTS) is 3. The van der Waals surface area contributed by atoms with E-state index in [2.05, 4.69) is 16.0 Å². The maximum atomic E-state index is 12.3. The lowest BCUT2D eigenvalue weighted by molar-refractivity contribution is -0.143. The lowest BCUT2D eigenvalue weighted by atomic mass is 10.0. The van der Waals surface area contributed by atoms with E-state index in [0.717, 1.165) is 70.6 Å². The average Bonchev–Trinajstić information content (AvgIpc) is 3.00. The van der Waals surface area contributed by atoms with E-state index >= 15 is 0 Å². The molecule has 3 atom stereocenters. The number of hydrogen-bond acceptors (Lipinski definition) is 8. The Hall–Kier alpha value is -3.55. The maximum Gasteiger partial charge on any atom is 0.326 e. The van der Waals surface area contributed by atoms with Crippen LogP contribution in [-0.2, 0) is 33.6 Å². The smallest absolute Gasteiger partial charge is 0.326 e. The molecule has 0 aromatic carbocycles. The number of aldehydes is 1. The van der Waals surface area contributed by atoms with E-state index in [9.17, 15) is 43.8 Å². The molecule has 0 saturated carbocycles. The lowest BCUT2D eigenvalue weighted by Crippen LogP contribution is -2.44. The highest BCUT2D eigenvalue weighted by Crippen LogP contribution is 2.13. The number of aliphatic carboxylic acids is 3. The molecule has 3 amide bonds. The second-order valence-corrected chi connectivity index (χ2v) is 11.8. The maximum absolute atomic E-state index is 12.3. The molecule has 264 valence electrons. The van der Waals surface area contributed by atoms with Crippen molar-refractivity contribution in [1.82, 2.24) is 16.0 Å². The first-order chi connectivity index (χ1) is 22.0. The van der Waals surface area contributed by atoms with Gasteiger partial charge in [-0.2, -0.15) is 0 Å². The Morgan fingerprint density at radius 3 is 1.37 bits per heavy atom. The summed E-state index contributed by atoms with van der Waals surface area (Å²) in [6, 6.07) is -3.15. The second-order valence-electron chi connectivity index (χ2n) is 11.8. The predicted molar refractivity (Wildman–Crippen MR) is 171 cm³/mol. The third kappa shape index (κ3) is 25.7. The van der Waals surface area contributed by atoms with Crippen LogP contribution in [0.1, 0.15) is 135 Å². The van der Waals surface area contributed by atoms with Gasteiger partial charge in [0.05, 0.1) is 6.04 Å². The van der Waals surface area contributed by atoms with Crippen LogP contribution < -0.4 is 21.7 Å². The minimum Gasteiger partial charge on any atom is -0.481 e. The van der Waals surface area contributed by atoms with Crippen LogP contribution in [0.4, 0.5) is 0 Å². The number of carbonyl (C=O) groups excluding carboxylic acids is 4. The molecule has 0 heterocycles. The van der Waals surface area contributed by atoms with Gasteiger partial charge in [0, 0.05) is 32.2 Å². The summed E-state index contributed by atoms with van der Waals surface area (Å²) in [7, 11) is 0. The van der Waals surface area contributed by atoms with Crippen LogP contribution in [0.2, 0.25) is 0 Å². The quantitative estimate of drug-likeness (QED) is 0.0422. The van der Waals surface area contributed by atoms with E-state index in [-0.39, 0.29) is 44.4 Å². The fourth-order valence-electron chi connectivity index (χ4n) is 4.82. The molecule has 0 spiro atoms. The lowest BCUT2D eigenvalue weighted by Gasteiger charge is -2.17. The molecule has 0 unspecified atom stereocenters. The molecule has 0 aromatic rings. The molecular formula is C32H56N4O10. The van der Waals surface area contributed by atoms with Crippen molar-refractivity contribution < 1.29 is 48.9 Å². The molecule has 14 nitrogen and oxygen atoms in total. The molecule has 0 aliphatic heterocycles. The summed E-state index contributed by atoms with van der Waals surface area (Å²) in [5.41, 5.74) is 5.50. The average molecular weight is 657 g/mol. The highest BCUT2D eigenvalue weighted by Gasteiger charge is 2.24. The number of carboxylic acids is 3. The Morgan fingerprint density at radius 2 is 0.935 bits per heavy atom. The Bertz CT molecular complexity index is 931. The van der Waals surface area contributed by atoms with E-state index in [1.165, 1.54) is 0 Å². The first-order valence-electron chi connectivity index (χ1n) is 16.7. The van der Waals surface area contributed by atoms with Crippen molar-refractivity contribution >= 4 is 41.9 Å². The van der Waals surface area contributed by atoms with Crippen molar-refractivity contribution in [1.29, 1.82) is 0 Å². The Morgan fingerprint density at radius 1 is 0.522 bits per heavy atom. The van der Waals surface area contributed by atoms with Gasteiger partial charge in [0.15, 0.2) is 0 Å². The normalized spacial score (nSPS) is 12.8. The van der Waals surface area contributed by atoms with Gasteiger partial charge in [0.2, 0.25) is 17.7 Å². The van der Waals surface area contributed by atoms with Gasteiger partial charge in [-0.05, 0) is 44.9 Å². The molecule has 8 N–H and O–H groups in total. The zero-order valence-electron chi connectivity index (χ0n) is 27.1. The molecule has 0 aliphatic carbocycles. The van der Waals surface area contributed by atoms with E-state index in [1.54, 1.807) is 0 Å². The molecule has 0 rings (SSSR count). The highest BCUT2D eigenvalue weighted by atomic mass is 16.4. The molecule has 14 heteroatoms. The molecular weight excluding hydrogens is 600 g/mol. The topological polar surface area (TPSA) is 242 Å². The SMILES string of the molecule is N[C@H](C=O)CCCCNC(=O)CC[C@H](NC(=O)CC[C@H](NC(=O)CCCCCCCCCCCCCCC(=O)O)C(=O)O)C(=O)O. The molecule has 0 aromatic heterocycles. The zero-order valence-corrected chi connectivity index (χ0v) is 27.1. The Kier molecular flexibility index (Phi) is 25.6. The van der Waals surface area contributed by atoms with Gasteiger partial charge in [-0.25, -0.2) is 9.59 Å². The van der Waals surface area contributed by atoms with Crippen molar-refractivity contribution in [3.8, 4) is 0 Å². The van der Waals surface area contributed by atoms with E-state index < -0.39 is 47.8 Å². The van der Waals surface area contributed by atoms with Crippen molar-refractivity contribution in [2.75, 3.05) is 6.54 Å². The number of amides is 3. The largest absolute Gasteiger partial charge is 0.481 e. The summed E-state index contributed by atoms with van der Waals surface area (Å²) in [5.74, 6) is -4.86. The number of nitrogens with two attached hydrogens (primary N) is 1. The molecule has 0 aliphatic rings. The Balaban J connectivity index is 4.12. The highest BCUT2D eigenvalue weighted by molar-refractivity contribution is 5.86. The molecule has 0 saturated heterocycles. The van der Waals surface area contributed by atoms with Crippen LogP contribution in [0.5, 0.6) is 0 Å². The standard InChI is InChI=1S/C32H56N4O10/c33-24(23-37)15-13-14-22-34-27(38)20-18-25(31(43)44)36-29(40)21-19-26(32(45)46)35-28(39)16-11-9-7-5-3-1-2-4-6-8-10-12-17-30(41)42/h23-26H,1-22,33H2,(H,34,38)(H,35,39)(H,36,40)(H,41,42)(H,43,44)(H,45,46)/t24-,25-,26-/m0/s1. The summed E-state index contributed by atoms with van der Waals surface area (Å²) in [5, 5.41) is 34.9. The van der Waals surface area contributed by atoms with Gasteiger partial charge >= 0.3 is 17.9 Å². The van der Waals surface area contributed by atoms with Crippen LogP contribution >= 0.6 is 0 Å². The van der Waals surface area contributed by atoms with Gasteiger partial charge in [-0.1, -0.05) is 64.2 Å². The third-order valence-electron chi connectivity index (χ3n) is 7.59. The Labute approximate surface area is 272 Å². The first-order valence-corrected chi connectivity index (χ1v) is 16.7. The third-order valence-corrected chi connectivity index (χ3v) is 7.59. The molecule has 0 fully saturated rings. The minimum atomic E-state index is -1.33. The van der Waals surface area contributed by atoms with Crippen LogP contribution in [-0.4, -0.2) is 81.9 Å². The summed E-state index contributed by atoms with van der Waals surface area (Å²) >= 11 is 0. The first kappa shape index (κ1) is 42.5. The number of rotatable bonds is 31. The molecule has 0 bridgehead atoms. The van der Waals surface area contributed by atoms with Crippen molar-refractivity contribution in [2.45, 2.75) is 153 Å². The van der Waals surface area contributed by atoms with Gasteiger partial charge in [0.1, 0.15) is 18.4 Å². The van der Waals surface area contributed by atoms with Crippen molar-refractivity contribution in [3.05, 3.63) is 0 Å². The summed E-state index contributed by atoms with van der Waals surface area (Å²) in [6.45, 7) is 0.346. The number of hydrogen-bond donors (Lipinski definition) is 7. The second kappa shape index (κ2) is 27.7. The van der Waals surface area contributed by atoms with Crippen LogP contribution in [0, 0.1) is 0 Å². The summed E-state index contributed by atoms with van der Waals surface area (Å²) in [4.78, 5) is 80.8. The van der Waals surface area contributed by atoms with Gasteiger partial charge in [-0.15, -0.1) is 0 Å². The fourth-order valence-corrected chi connectivity index (χ4v) is 4.82. The molecule has 0 radical (unpaired) electrons. The van der Waals surface area contributed by atoms with Gasteiger partial charge in [-0.3, -0.25) is 19.2 Å². The van der Waals surface area contributed by atoms with E-state index in [0.29, 0.717) is 38.5 Å². The van der Waals surface area contributed by atoms with E-state index in [1.807, 2.05) is 0 Å². The van der Waals surface area contributed by atoms with Crippen molar-refractivity contribution in [3.63, 3.8) is 0 Å². The monoisotopic (exact) mass is 656 g/mol. The van der Waals surface area contributed by atoms with Crippen LogP contribution in [0.3, 0.4) is 0 Å². The number of nitrogens with one attached hydrogen (secondary N) is 3. The number of unbranched alkanes of at least 4 members (excludes halogenated alkanes) is 12.